The minimum absolute atomic E-state index is 0.766. The van der Waals surface area contributed by atoms with Crippen LogP contribution in [0.1, 0.15) is 11.4 Å². The van der Waals surface area contributed by atoms with E-state index in [4.69, 9.17) is 0 Å². The molecule has 0 spiro atoms. The minimum Gasteiger partial charge on any atom is -0.247 e. The van der Waals surface area contributed by atoms with E-state index < -0.39 is 0 Å². The Balaban J connectivity index is 2.40. The molecule has 4 rings (SSSR count). The first kappa shape index (κ1) is 10.2. The zero-order valence-electron chi connectivity index (χ0n) is 9.50. The molecule has 0 saturated carbocycles. The first-order chi connectivity index (χ1) is 8.75. The van der Waals surface area contributed by atoms with E-state index >= 15 is 0 Å². The van der Waals surface area contributed by atoms with Crippen LogP contribution in [0, 0.1) is 13.8 Å². The van der Waals surface area contributed by atoms with Crippen LogP contribution in [-0.2, 0) is 0 Å². The summed E-state index contributed by atoms with van der Waals surface area (Å²) in [6, 6.07) is 0. The van der Waals surface area contributed by atoms with Crippen molar-refractivity contribution in [2.45, 2.75) is 13.8 Å². The number of rotatable bonds is 0. The predicted molar refractivity (Wildman–Crippen MR) is 71.0 cm³/mol. The van der Waals surface area contributed by atoms with Crippen LogP contribution in [0.5, 0.6) is 0 Å². The molecule has 0 saturated heterocycles. The number of nitrogens with zero attached hydrogens (tertiary/aromatic N) is 6. The van der Waals surface area contributed by atoms with Crippen LogP contribution in [0.15, 0.2) is 0 Å². The van der Waals surface area contributed by atoms with E-state index in [1.165, 1.54) is 23.5 Å². The molecule has 0 unspecified atom stereocenters. The summed E-state index contributed by atoms with van der Waals surface area (Å²) in [5.41, 5.74) is 6.49. The normalized spacial score (nSPS) is 11.9. The van der Waals surface area contributed by atoms with Crippen molar-refractivity contribution in [1.29, 1.82) is 0 Å². The molecule has 0 aliphatic heterocycles. The van der Waals surface area contributed by atoms with E-state index in [0.717, 1.165) is 44.5 Å². The third-order valence-electron chi connectivity index (χ3n) is 2.89. The maximum atomic E-state index is 4.56. The van der Waals surface area contributed by atoms with Gasteiger partial charge < -0.3 is 0 Å². The summed E-state index contributed by atoms with van der Waals surface area (Å²) in [7, 11) is 0. The maximum Gasteiger partial charge on any atom is 0.134 e. The Hall–Kier alpha value is -1.80. The Labute approximate surface area is 109 Å². The summed E-state index contributed by atoms with van der Waals surface area (Å²) in [6.07, 6.45) is 0. The van der Waals surface area contributed by atoms with Gasteiger partial charge in [-0.25, -0.2) is 9.97 Å². The fourth-order valence-corrected chi connectivity index (χ4v) is 3.23. The molecule has 0 fully saturated rings. The van der Waals surface area contributed by atoms with E-state index in [2.05, 4.69) is 27.5 Å². The second kappa shape index (κ2) is 3.36. The number of aromatic nitrogens is 6. The van der Waals surface area contributed by atoms with Crippen LogP contribution in [0.25, 0.3) is 33.1 Å². The van der Waals surface area contributed by atoms with Crippen LogP contribution < -0.4 is 0 Å². The number of pyridine rings is 2. The fourth-order valence-electron chi connectivity index (χ4n) is 2.04. The van der Waals surface area contributed by atoms with Crippen LogP contribution in [0.3, 0.4) is 0 Å². The van der Waals surface area contributed by atoms with Gasteiger partial charge in [0.1, 0.15) is 33.1 Å². The van der Waals surface area contributed by atoms with Crippen molar-refractivity contribution in [3.8, 4) is 0 Å². The molecular weight excluding hydrogens is 268 g/mol. The van der Waals surface area contributed by atoms with Gasteiger partial charge >= 0.3 is 0 Å². The lowest BCUT2D eigenvalue weighted by Crippen LogP contribution is -1.94. The van der Waals surface area contributed by atoms with Gasteiger partial charge in [-0.2, -0.15) is 17.5 Å². The molecule has 88 valence electrons. The van der Waals surface area contributed by atoms with Gasteiger partial charge in [0, 0.05) is 0 Å². The van der Waals surface area contributed by atoms with E-state index in [-0.39, 0.29) is 0 Å². The molecule has 0 aliphatic carbocycles. The molecule has 6 nitrogen and oxygen atoms in total. The Kier molecular flexibility index (Phi) is 1.90. The lowest BCUT2D eigenvalue weighted by Gasteiger charge is -2.02. The van der Waals surface area contributed by atoms with Gasteiger partial charge in [0.2, 0.25) is 0 Å². The highest BCUT2D eigenvalue weighted by molar-refractivity contribution is 7.00. The summed E-state index contributed by atoms with van der Waals surface area (Å²) < 4.78 is 17.2. The van der Waals surface area contributed by atoms with E-state index in [9.17, 15) is 0 Å². The van der Waals surface area contributed by atoms with Crippen molar-refractivity contribution in [3.05, 3.63) is 11.4 Å². The van der Waals surface area contributed by atoms with Crippen LogP contribution in [0.2, 0.25) is 0 Å². The largest absolute Gasteiger partial charge is 0.247 e. The van der Waals surface area contributed by atoms with Crippen LogP contribution in [-0.4, -0.2) is 27.5 Å². The zero-order valence-corrected chi connectivity index (χ0v) is 11.1. The van der Waals surface area contributed by atoms with Gasteiger partial charge in [-0.1, -0.05) is 0 Å². The second-order valence-corrected chi connectivity index (χ2v) is 5.07. The third-order valence-corrected chi connectivity index (χ3v) is 3.95. The van der Waals surface area contributed by atoms with Crippen molar-refractivity contribution >= 4 is 56.6 Å². The van der Waals surface area contributed by atoms with Crippen molar-refractivity contribution in [2.24, 2.45) is 0 Å². The molecule has 4 aromatic heterocycles. The third kappa shape index (κ3) is 1.16. The average molecular weight is 274 g/mol. The molecule has 0 bridgehead atoms. The summed E-state index contributed by atoms with van der Waals surface area (Å²) in [6.45, 7) is 3.85. The smallest absolute Gasteiger partial charge is 0.134 e. The predicted octanol–water partition coefficient (Wildman–Crippen LogP) is 2.26. The molecule has 0 atom stereocenters. The molecule has 0 amide bonds. The van der Waals surface area contributed by atoms with E-state index in [1.807, 2.05) is 13.8 Å². The molecule has 4 aromatic rings. The standard InChI is InChI=1S/C10H6N6S2/c1-3-5-9(15-17-13-5)8-7(11-3)10-6(4(2)12-8)14-18-16-10/h1-2H3. The molecule has 18 heavy (non-hydrogen) atoms. The Bertz CT molecular complexity index is 833. The second-order valence-electron chi connectivity index (χ2n) is 4.01. The maximum absolute atomic E-state index is 4.56. The van der Waals surface area contributed by atoms with Crippen molar-refractivity contribution in [2.75, 3.05) is 0 Å². The summed E-state index contributed by atoms with van der Waals surface area (Å²) in [4.78, 5) is 9.13. The number of aryl methyl sites for hydroxylation is 2. The molecule has 4 heterocycles. The Morgan fingerprint density at radius 2 is 0.944 bits per heavy atom. The summed E-state index contributed by atoms with van der Waals surface area (Å²) >= 11 is 2.36. The fraction of sp³-hybridized carbons (Fsp3) is 0.200. The molecule has 8 heteroatoms. The van der Waals surface area contributed by atoms with Crippen molar-refractivity contribution in [1.82, 2.24) is 27.5 Å². The van der Waals surface area contributed by atoms with Gasteiger partial charge in [-0.15, -0.1) is 0 Å². The van der Waals surface area contributed by atoms with Crippen LogP contribution in [0.4, 0.5) is 0 Å². The molecule has 0 aromatic carbocycles. The number of hydrogen-bond acceptors (Lipinski definition) is 8. The Morgan fingerprint density at radius 3 is 1.39 bits per heavy atom. The van der Waals surface area contributed by atoms with Crippen molar-refractivity contribution < 1.29 is 0 Å². The molecular formula is C10H6N6S2. The van der Waals surface area contributed by atoms with Gasteiger partial charge in [-0.3, -0.25) is 0 Å². The molecule has 0 aliphatic rings. The number of hydrogen-bond donors (Lipinski definition) is 0. The SMILES string of the molecule is Cc1nc2c3nsnc3c(C)nc2c2nsnc12. The molecule has 0 radical (unpaired) electrons. The van der Waals surface area contributed by atoms with Crippen LogP contribution >= 0.6 is 23.5 Å². The van der Waals surface area contributed by atoms with Crippen molar-refractivity contribution in [3.63, 3.8) is 0 Å². The zero-order chi connectivity index (χ0) is 12.3. The first-order valence-corrected chi connectivity index (χ1v) is 6.73. The monoisotopic (exact) mass is 274 g/mol. The van der Waals surface area contributed by atoms with E-state index in [0.29, 0.717) is 0 Å². The minimum atomic E-state index is 0.766. The number of fused-ring (bicyclic) bond motifs is 5. The lowest BCUT2D eigenvalue weighted by atomic mass is 10.2. The summed E-state index contributed by atoms with van der Waals surface area (Å²) in [5.74, 6) is 0. The Morgan fingerprint density at radius 1 is 0.556 bits per heavy atom. The van der Waals surface area contributed by atoms with Gasteiger partial charge in [0.05, 0.1) is 34.8 Å². The highest BCUT2D eigenvalue weighted by atomic mass is 32.1. The summed E-state index contributed by atoms with van der Waals surface area (Å²) in [5, 5.41) is 0. The average Bonchev–Trinajstić information content (AvgIpc) is 2.98. The topological polar surface area (TPSA) is 77.3 Å². The highest BCUT2D eigenvalue weighted by Gasteiger charge is 2.16. The van der Waals surface area contributed by atoms with E-state index in [1.54, 1.807) is 0 Å². The highest BCUT2D eigenvalue weighted by Crippen LogP contribution is 2.28. The first-order valence-electron chi connectivity index (χ1n) is 5.27. The van der Waals surface area contributed by atoms with Gasteiger partial charge in [0.25, 0.3) is 0 Å². The lowest BCUT2D eigenvalue weighted by molar-refractivity contribution is 1.23. The van der Waals surface area contributed by atoms with Gasteiger partial charge in [0.15, 0.2) is 0 Å². The quantitative estimate of drug-likeness (QED) is 0.489. The molecule has 0 N–H and O–H groups in total. The van der Waals surface area contributed by atoms with Gasteiger partial charge in [-0.05, 0) is 13.8 Å².